The quantitative estimate of drug-likeness (QED) is 0.751. The molecule has 0 spiro atoms. The summed E-state index contributed by atoms with van der Waals surface area (Å²) >= 11 is 0. The Balaban J connectivity index is 1.73. The van der Waals surface area contributed by atoms with Gasteiger partial charge in [-0.05, 0) is 29.8 Å². The molecule has 6 nitrogen and oxygen atoms in total. The molecule has 0 aliphatic rings. The van der Waals surface area contributed by atoms with E-state index in [-0.39, 0.29) is 5.91 Å². The Morgan fingerprint density at radius 3 is 2.56 bits per heavy atom. The molecule has 0 radical (unpaired) electrons. The van der Waals surface area contributed by atoms with Crippen molar-refractivity contribution in [2.75, 3.05) is 14.2 Å². The fraction of sp³-hybridized carbons (Fsp3) is 0.158. The number of rotatable bonds is 6. The first-order valence-corrected chi connectivity index (χ1v) is 7.80. The smallest absolute Gasteiger partial charge is 0.270 e. The molecule has 0 aliphatic heterocycles. The molecule has 0 saturated heterocycles. The number of methoxy groups -OCH3 is 2. The zero-order valence-electron chi connectivity index (χ0n) is 14.1. The molecule has 0 bridgehead atoms. The lowest BCUT2D eigenvalue weighted by Crippen LogP contribution is -2.25. The number of carbonyl (C=O) groups is 1. The van der Waals surface area contributed by atoms with Crippen molar-refractivity contribution in [1.82, 2.24) is 14.9 Å². The highest BCUT2D eigenvalue weighted by Crippen LogP contribution is 2.27. The number of carbonyl (C=O) groups excluding carboxylic acids is 1. The average Bonchev–Trinajstić information content (AvgIpc) is 3.16. The lowest BCUT2D eigenvalue weighted by Gasteiger charge is -2.11. The van der Waals surface area contributed by atoms with Crippen molar-refractivity contribution in [3.8, 4) is 17.2 Å². The highest BCUT2D eigenvalue weighted by molar-refractivity contribution is 5.92. The van der Waals surface area contributed by atoms with Gasteiger partial charge >= 0.3 is 0 Å². The van der Waals surface area contributed by atoms with Crippen molar-refractivity contribution in [1.29, 1.82) is 0 Å². The number of nitrogens with zero attached hydrogens (tertiary/aromatic N) is 2. The SMILES string of the molecule is COc1ccc(CNC(=O)c2cncn2-c2ccccc2)cc1OC. The maximum Gasteiger partial charge on any atom is 0.270 e. The van der Waals surface area contributed by atoms with E-state index in [4.69, 9.17) is 9.47 Å². The van der Waals surface area contributed by atoms with Crippen molar-refractivity contribution < 1.29 is 14.3 Å². The first-order valence-electron chi connectivity index (χ1n) is 7.80. The number of benzene rings is 2. The van der Waals surface area contributed by atoms with Crippen LogP contribution in [0.2, 0.25) is 0 Å². The first kappa shape index (κ1) is 16.6. The minimum atomic E-state index is -0.198. The Labute approximate surface area is 146 Å². The Morgan fingerprint density at radius 1 is 1.08 bits per heavy atom. The lowest BCUT2D eigenvalue weighted by molar-refractivity contribution is 0.0944. The predicted octanol–water partition coefficient (Wildman–Crippen LogP) is 2.82. The van der Waals surface area contributed by atoms with E-state index >= 15 is 0 Å². The molecule has 0 saturated carbocycles. The summed E-state index contributed by atoms with van der Waals surface area (Å²) in [5.74, 6) is 1.08. The highest BCUT2D eigenvalue weighted by atomic mass is 16.5. The Bertz CT molecular complexity index is 859. The average molecular weight is 337 g/mol. The second-order valence-corrected chi connectivity index (χ2v) is 5.36. The molecule has 3 aromatic rings. The van der Waals surface area contributed by atoms with Crippen LogP contribution in [-0.2, 0) is 6.54 Å². The van der Waals surface area contributed by atoms with Crippen LogP contribution in [0, 0.1) is 0 Å². The number of hydrogen-bond donors (Lipinski definition) is 1. The molecule has 0 aliphatic carbocycles. The molecule has 3 rings (SSSR count). The van der Waals surface area contributed by atoms with Crippen LogP contribution in [0.25, 0.3) is 5.69 Å². The monoisotopic (exact) mass is 337 g/mol. The summed E-state index contributed by atoms with van der Waals surface area (Å²) in [4.78, 5) is 16.6. The molecule has 1 heterocycles. The molecular formula is C19H19N3O3. The normalized spacial score (nSPS) is 10.3. The Hall–Kier alpha value is -3.28. The van der Waals surface area contributed by atoms with E-state index < -0.39 is 0 Å². The molecule has 25 heavy (non-hydrogen) atoms. The van der Waals surface area contributed by atoms with Crippen LogP contribution in [0.4, 0.5) is 0 Å². The summed E-state index contributed by atoms with van der Waals surface area (Å²) in [6, 6.07) is 15.1. The molecule has 1 N–H and O–H groups in total. The van der Waals surface area contributed by atoms with Crippen molar-refractivity contribution in [3.63, 3.8) is 0 Å². The molecule has 0 fully saturated rings. The van der Waals surface area contributed by atoms with Gasteiger partial charge < -0.3 is 14.8 Å². The summed E-state index contributed by atoms with van der Waals surface area (Å²) in [5, 5.41) is 2.90. The third-order valence-corrected chi connectivity index (χ3v) is 3.81. The van der Waals surface area contributed by atoms with E-state index in [1.807, 2.05) is 48.5 Å². The summed E-state index contributed by atoms with van der Waals surface area (Å²) in [6.45, 7) is 0.374. The van der Waals surface area contributed by atoms with Crippen LogP contribution < -0.4 is 14.8 Å². The molecule has 1 amide bonds. The fourth-order valence-electron chi connectivity index (χ4n) is 2.52. The van der Waals surface area contributed by atoms with Gasteiger partial charge in [-0.15, -0.1) is 0 Å². The molecule has 2 aromatic carbocycles. The molecule has 6 heteroatoms. The minimum Gasteiger partial charge on any atom is -0.493 e. The predicted molar refractivity (Wildman–Crippen MR) is 94.3 cm³/mol. The third kappa shape index (κ3) is 3.63. The number of aromatic nitrogens is 2. The van der Waals surface area contributed by atoms with Gasteiger partial charge in [0.1, 0.15) is 5.69 Å². The van der Waals surface area contributed by atoms with Gasteiger partial charge in [-0.3, -0.25) is 9.36 Å². The van der Waals surface area contributed by atoms with Gasteiger partial charge in [0.2, 0.25) is 0 Å². The maximum absolute atomic E-state index is 12.5. The zero-order valence-corrected chi connectivity index (χ0v) is 14.1. The van der Waals surface area contributed by atoms with Crippen LogP contribution in [0.1, 0.15) is 16.1 Å². The second kappa shape index (κ2) is 7.53. The van der Waals surface area contributed by atoms with Crippen LogP contribution in [0.15, 0.2) is 61.1 Å². The highest BCUT2D eigenvalue weighted by Gasteiger charge is 2.13. The minimum absolute atomic E-state index is 0.198. The zero-order chi connectivity index (χ0) is 17.6. The topological polar surface area (TPSA) is 65.4 Å². The number of para-hydroxylation sites is 1. The number of hydrogen-bond acceptors (Lipinski definition) is 4. The molecular weight excluding hydrogens is 318 g/mol. The Morgan fingerprint density at radius 2 is 1.84 bits per heavy atom. The van der Waals surface area contributed by atoms with Gasteiger partial charge in [-0.1, -0.05) is 24.3 Å². The maximum atomic E-state index is 12.5. The van der Waals surface area contributed by atoms with Gasteiger partial charge in [-0.25, -0.2) is 4.98 Å². The van der Waals surface area contributed by atoms with Gasteiger partial charge in [0, 0.05) is 12.2 Å². The van der Waals surface area contributed by atoms with Gasteiger partial charge in [0.05, 0.1) is 26.7 Å². The molecule has 1 aromatic heterocycles. The summed E-state index contributed by atoms with van der Waals surface area (Å²) in [7, 11) is 3.17. The van der Waals surface area contributed by atoms with Crippen LogP contribution >= 0.6 is 0 Å². The van der Waals surface area contributed by atoms with Crippen LogP contribution in [0.5, 0.6) is 11.5 Å². The van der Waals surface area contributed by atoms with E-state index in [1.54, 1.807) is 31.3 Å². The third-order valence-electron chi connectivity index (χ3n) is 3.81. The lowest BCUT2D eigenvalue weighted by atomic mass is 10.2. The van der Waals surface area contributed by atoms with Crippen molar-refractivity contribution in [3.05, 3.63) is 72.3 Å². The largest absolute Gasteiger partial charge is 0.493 e. The van der Waals surface area contributed by atoms with E-state index in [2.05, 4.69) is 10.3 Å². The summed E-state index contributed by atoms with van der Waals surface area (Å²) in [5.41, 5.74) is 2.28. The van der Waals surface area contributed by atoms with Crippen molar-refractivity contribution >= 4 is 5.91 Å². The van der Waals surface area contributed by atoms with Crippen molar-refractivity contribution in [2.24, 2.45) is 0 Å². The van der Waals surface area contributed by atoms with E-state index in [0.29, 0.717) is 23.7 Å². The van der Waals surface area contributed by atoms with E-state index in [9.17, 15) is 4.79 Å². The second-order valence-electron chi connectivity index (χ2n) is 5.36. The summed E-state index contributed by atoms with van der Waals surface area (Å²) in [6.07, 6.45) is 3.18. The first-order chi connectivity index (χ1) is 12.2. The van der Waals surface area contributed by atoms with E-state index in [1.165, 1.54) is 0 Å². The fourth-order valence-corrected chi connectivity index (χ4v) is 2.52. The van der Waals surface area contributed by atoms with Gasteiger partial charge in [0.25, 0.3) is 5.91 Å². The number of ether oxygens (including phenoxy) is 2. The Kier molecular flexibility index (Phi) is 4.99. The molecule has 128 valence electrons. The van der Waals surface area contributed by atoms with Crippen LogP contribution in [-0.4, -0.2) is 29.7 Å². The summed E-state index contributed by atoms with van der Waals surface area (Å²) < 4.78 is 12.3. The van der Waals surface area contributed by atoms with Crippen molar-refractivity contribution in [2.45, 2.75) is 6.54 Å². The van der Waals surface area contributed by atoms with Gasteiger partial charge in [0.15, 0.2) is 11.5 Å². The molecule has 0 unspecified atom stereocenters. The van der Waals surface area contributed by atoms with Gasteiger partial charge in [-0.2, -0.15) is 0 Å². The van der Waals surface area contributed by atoms with E-state index in [0.717, 1.165) is 11.3 Å². The molecule has 0 atom stereocenters. The number of nitrogens with one attached hydrogen (secondary N) is 1. The van der Waals surface area contributed by atoms with Crippen LogP contribution in [0.3, 0.4) is 0 Å². The standard InChI is InChI=1S/C19H19N3O3/c1-24-17-9-8-14(10-18(17)25-2)11-21-19(23)16-12-20-13-22(16)15-6-4-3-5-7-15/h3-10,12-13H,11H2,1-2H3,(H,21,23). The number of amides is 1. The number of imidazole rings is 1.